The molecule has 0 aliphatic carbocycles. The third-order valence-electron chi connectivity index (χ3n) is 4.29. The van der Waals surface area contributed by atoms with Gasteiger partial charge in [-0.3, -0.25) is 19.2 Å². The Balaban J connectivity index is 5.03. The molecule has 11 nitrogen and oxygen atoms in total. The van der Waals surface area contributed by atoms with Crippen molar-refractivity contribution in [3.8, 4) is 0 Å². The van der Waals surface area contributed by atoms with Crippen LogP contribution in [0.25, 0.3) is 0 Å². The average molecular weight is 445 g/mol. The van der Waals surface area contributed by atoms with Crippen LogP contribution >= 0.6 is 0 Å². The molecule has 0 aliphatic rings. The van der Waals surface area contributed by atoms with Crippen LogP contribution in [0.5, 0.6) is 0 Å². The number of nitrogens with one attached hydrogen (secondary N) is 4. The second-order valence-electron chi connectivity index (χ2n) is 8.39. The third-order valence-corrected chi connectivity index (χ3v) is 4.29. The maximum Gasteiger partial charge on any atom is 0.326 e. The molecular weight excluding hydrogens is 408 g/mol. The number of amides is 4. The largest absolute Gasteiger partial charge is 0.480 e. The second-order valence-corrected chi connectivity index (χ2v) is 8.39. The lowest BCUT2D eigenvalue weighted by atomic mass is 10.0. The molecule has 0 aromatic heterocycles. The van der Waals surface area contributed by atoms with Gasteiger partial charge in [0, 0.05) is 6.92 Å². The Morgan fingerprint density at radius 1 is 0.677 bits per heavy atom. The number of aliphatic hydroxyl groups excluding tert-OH is 1. The minimum atomic E-state index is -1.35. The maximum absolute atomic E-state index is 12.5. The molecule has 178 valence electrons. The molecular formula is C20H36N4O7. The minimum absolute atomic E-state index is 0.0303. The summed E-state index contributed by atoms with van der Waals surface area (Å²) in [4.78, 5) is 59.8. The summed E-state index contributed by atoms with van der Waals surface area (Å²) >= 11 is 0. The van der Waals surface area contributed by atoms with Crippen LogP contribution in [0, 0.1) is 11.8 Å². The number of aliphatic hydroxyl groups is 1. The fraction of sp³-hybridized carbons (Fsp3) is 0.750. The molecule has 4 atom stereocenters. The lowest BCUT2D eigenvalue weighted by molar-refractivity contribution is -0.142. The molecule has 0 aliphatic heterocycles. The highest BCUT2D eigenvalue weighted by atomic mass is 16.4. The highest BCUT2D eigenvalue weighted by molar-refractivity contribution is 5.94. The molecule has 4 unspecified atom stereocenters. The van der Waals surface area contributed by atoms with Crippen molar-refractivity contribution in [3.63, 3.8) is 0 Å². The van der Waals surface area contributed by atoms with Gasteiger partial charge in [-0.15, -0.1) is 0 Å². The molecule has 0 aromatic carbocycles. The predicted molar refractivity (Wildman–Crippen MR) is 113 cm³/mol. The van der Waals surface area contributed by atoms with E-state index in [0.29, 0.717) is 6.42 Å². The zero-order valence-electron chi connectivity index (χ0n) is 19.0. The number of carbonyl (C=O) groups is 5. The Morgan fingerprint density at radius 2 is 1.13 bits per heavy atom. The van der Waals surface area contributed by atoms with E-state index >= 15 is 0 Å². The van der Waals surface area contributed by atoms with E-state index in [1.807, 2.05) is 27.7 Å². The van der Waals surface area contributed by atoms with Gasteiger partial charge in [-0.05, 0) is 31.6 Å². The van der Waals surface area contributed by atoms with Crippen LogP contribution in [-0.2, 0) is 24.0 Å². The summed E-state index contributed by atoms with van der Waals surface area (Å²) in [6, 6.07) is -4.44. The molecule has 6 N–H and O–H groups in total. The monoisotopic (exact) mass is 444 g/mol. The third kappa shape index (κ3) is 11.3. The van der Waals surface area contributed by atoms with Crippen molar-refractivity contribution >= 4 is 29.6 Å². The van der Waals surface area contributed by atoms with Gasteiger partial charge >= 0.3 is 5.97 Å². The van der Waals surface area contributed by atoms with E-state index in [1.54, 1.807) is 0 Å². The van der Waals surface area contributed by atoms with Gasteiger partial charge in [0.05, 0.1) is 6.61 Å². The van der Waals surface area contributed by atoms with E-state index in [2.05, 4.69) is 21.3 Å². The Hall–Kier alpha value is -2.69. The van der Waals surface area contributed by atoms with Gasteiger partial charge in [0.15, 0.2) is 0 Å². The van der Waals surface area contributed by atoms with Gasteiger partial charge < -0.3 is 31.5 Å². The van der Waals surface area contributed by atoms with Gasteiger partial charge in [-0.2, -0.15) is 0 Å². The standard InChI is InChI=1S/C20H36N4O7/c1-10(2)7-14(22-13(6)26)18(28)24-16(9-25)19(29)21-12(5)17(27)23-15(20(30)31)8-11(3)4/h10-12,14-16,25H,7-9H2,1-6H3,(H,21,29)(H,22,26)(H,23,27)(H,24,28)(H,30,31). The Bertz CT molecular complexity index is 651. The highest BCUT2D eigenvalue weighted by Gasteiger charge is 2.29. The quantitative estimate of drug-likeness (QED) is 0.214. The van der Waals surface area contributed by atoms with Gasteiger partial charge in [0.1, 0.15) is 24.2 Å². The summed E-state index contributed by atoms with van der Waals surface area (Å²) in [5.74, 6) is -3.65. The van der Waals surface area contributed by atoms with Crippen molar-refractivity contribution in [1.82, 2.24) is 21.3 Å². The van der Waals surface area contributed by atoms with E-state index in [1.165, 1.54) is 13.8 Å². The van der Waals surface area contributed by atoms with E-state index in [4.69, 9.17) is 0 Å². The van der Waals surface area contributed by atoms with Crippen molar-refractivity contribution in [3.05, 3.63) is 0 Å². The van der Waals surface area contributed by atoms with Gasteiger partial charge in [0.25, 0.3) is 0 Å². The summed E-state index contributed by atoms with van der Waals surface area (Å²) in [6.45, 7) is 9.25. The van der Waals surface area contributed by atoms with E-state index in [0.717, 1.165) is 0 Å². The summed E-state index contributed by atoms with van der Waals surface area (Å²) in [7, 11) is 0. The number of aliphatic carboxylic acids is 1. The van der Waals surface area contributed by atoms with Crippen molar-refractivity contribution < 1.29 is 34.2 Å². The zero-order valence-corrected chi connectivity index (χ0v) is 19.0. The van der Waals surface area contributed by atoms with Crippen LogP contribution in [0.1, 0.15) is 54.4 Å². The number of carboxylic acids is 1. The Labute approximate surface area is 182 Å². The molecule has 31 heavy (non-hydrogen) atoms. The molecule has 0 aromatic rings. The lowest BCUT2D eigenvalue weighted by Crippen LogP contribution is -2.58. The van der Waals surface area contributed by atoms with Gasteiger partial charge in [-0.25, -0.2) is 4.79 Å². The zero-order chi connectivity index (χ0) is 24.3. The smallest absolute Gasteiger partial charge is 0.326 e. The maximum atomic E-state index is 12.5. The number of hydrogen-bond donors (Lipinski definition) is 6. The predicted octanol–water partition coefficient (Wildman–Crippen LogP) is -0.865. The van der Waals surface area contributed by atoms with Crippen LogP contribution in [0.2, 0.25) is 0 Å². The first-order valence-corrected chi connectivity index (χ1v) is 10.3. The Morgan fingerprint density at radius 3 is 1.55 bits per heavy atom. The van der Waals surface area contributed by atoms with E-state index < -0.39 is 60.4 Å². The van der Waals surface area contributed by atoms with Crippen molar-refractivity contribution in [2.75, 3.05) is 6.61 Å². The summed E-state index contributed by atoms with van der Waals surface area (Å²) in [6.07, 6.45) is 0.549. The summed E-state index contributed by atoms with van der Waals surface area (Å²) in [5, 5.41) is 28.3. The second kappa shape index (κ2) is 13.6. The first-order valence-electron chi connectivity index (χ1n) is 10.3. The van der Waals surface area contributed by atoms with E-state index in [-0.39, 0.29) is 18.3 Å². The first-order chi connectivity index (χ1) is 14.3. The fourth-order valence-electron chi connectivity index (χ4n) is 2.78. The summed E-state index contributed by atoms with van der Waals surface area (Å²) in [5.41, 5.74) is 0. The average Bonchev–Trinajstić information content (AvgIpc) is 2.63. The minimum Gasteiger partial charge on any atom is -0.480 e. The molecule has 0 bridgehead atoms. The molecule has 0 fully saturated rings. The number of hydrogen-bond acceptors (Lipinski definition) is 6. The number of carboxylic acid groups (broad SMARTS) is 1. The van der Waals surface area contributed by atoms with Crippen molar-refractivity contribution in [2.45, 2.75) is 78.6 Å². The molecule has 0 rings (SSSR count). The van der Waals surface area contributed by atoms with Crippen LogP contribution < -0.4 is 21.3 Å². The van der Waals surface area contributed by atoms with Crippen LogP contribution in [-0.4, -0.2) is 70.6 Å². The molecule has 0 spiro atoms. The Kier molecular flexibility index (Phi) is 12.4. The van der Waals surface area contributed by atoms with Crippen molar-refractivity contribution in [2.24, 2.45) is 11.8 Å². The number of carbonyl (C=O) groups excluding carboxylic acids is 4. The lowest BCUT2D eigenvalue weighted by Gasteiger charge is -2.24. The fourth-order valence-corrected chi connectivity index (χ4v) is 2.78. The molecule has 0 radical (unpaired) electrons. The van der Waals surface area contributed by atoms with Crippen LogP contribution in [0.3, 0.4) is 0 Å². The van der Waals surface area contributed by atoms with Crippen LogP contribution in [0.4, 0.5) is 0 Å². The molecule has 0 heterocycles. The summed E-state index contributed by atoms with van der Waals surface area (Å²) < 4.78 is 0. The van der Waals surface area contributed by atoms with Gasteiger partial charge in [0.2, 0.25) is 23.6 Å². The first kappa shape index (κ1) is 28.3. The highest BCUT2D eigenvalue weighted by Crippen LogP contribution is 2.06. The molecule has 0 saturated heterocycles. The topological polar surface area (TPSA) is 174 Å². The molecule has 4 amide bonds. The van der Waals surface area contributed by atoms with Gasteiger partial charge in [-0.1, -0.05) is 27.7 Å². The molecule has 0 saturated carbocycles. The number of rotatable bonds is 13. The van der Waals surface area contributed by atoms with Crippen molar-refractivity contribution in [1.29, 1.82) is 0 Å². The molecule has 11 heteroatoms. The van der Waals surface area contributed by atoms with Crippen LogP contribution in [0.15, 0.2) is 0 Å². The van der Waals surface area contributed by atoms with E-state index in [9.17, 15) is 34.2 Å². The SMILES string of the molecule is CC(=O)NC(CC(C)C)C(=O)NC(CO)C(=O)NC(C)C(=O)NC(CC(C)C)C(=O)O. The normalized spacial score (nSPS) is 14.9.